The fourth-order valence-electron chi connectivity index (χ4n) is 2.59. The van der Waals surface area contributed by atoms with Crippen LogP contribution in [0.25, 0.3) is 6.08 Å². The molecule has 150 valence electrons. The van der Waals surface area contributed by atoms with Gasteiger partial charge in [0.1, 0.15) is 5.82 Å². The molecule has 2 rings (SSSR count). The molecule has 1 aromatic carbocycles. The number of amides is 1. The lowest BCUT2D eigenvalue weighted by Crippen LogP contribution is -2.20. The Bertz CT molecular complexity index is 831. The van der Waals surface area contributed by atoms with Gasteiger partial charge in [-0.25, -0.2) is 4.98 Å². The second kappa shape index (κ2) is 10.2. The predicted octanol–water partition coefficient (Wildman–Crippen LogP) is 5.67. The van der Waals surface area contributed by atoms with Crippen LogP contribution in [0.2, 0.25) is 5.02 Å². The van der Waals surface area contributed by atoms with E-state index in [4.69, 9.17) is 11.6 Å². The lowest BCUT2D eigenvalue weighted by Gasteiger charge is -2.14. The molecule has 0 bridgehead atoms. The molecule has 1 unspecified atom stereocenters. The van der Waals surface area contributed by atoms with E-state index < -0.39 is 0 Å². The lowest BCUT2D eigenvalue weighted by molar-refractivity contribution is -0.118. The molecular weight excluding hydrogens is 372 g/mol. The summed E-state index contributed by atoms with van der Waals surface area (Å²) in [5.74, 6) is 1.05. The molecule has 0 spiro atoms. The number of carbonyl (C=O) groups excluding carboxylic acids is 1. The molecule has 5 nitrogen and oxygen atoms in total. The molecule has 1 atom stereocenters. The molecular formula is C22H29ClN4O. The number of aryl methyl sites for hydroxylation is 1. The summed E-state index contributed by atoms with van der Waals surface area (Å²) in [6, 6.07) is 7.86. The zero-order chi connectivity index (χ0) is 20.7. The Morgan fingerprint density at radius 3 is 2.46 bits per heavy atom. The smallest absolute Gasteiger partial charge is 0.231 e. The molecule has 0 saturated carbocycles. The van der Waals surface area contributed by atoms with Crippen molar-refractivity contribution >= 4 is 35.4 Å². The number of rotatable bonds is 8. The maximum absolute atomic E-state index is 12.0. The average molecular weight is 401 g/mol. The van der Waals surface area contributed by atoms with Gasteiger partial charge < -0.3 is 5.32 Å². The number of carbonyl (C=O) groups is 1. The zero-order valence-corrected chi connectivity index (χ0v) is 18.0. The van der Waals surface area contributed by atoms with E-state index >= 15 is 0 Å². The monoisotopic (exact) mass is 400 g/mol. The molecule has 1 aromatic heterocycles. The van der Waals surface area contributed by atoms with Gasteiger partial charge in [0.2, 0.25) is 11.9 Å². The van der Waals surface area contributed by atoms with Gasteiger partial charge in [-0.2, -0.15) is 4.98 Å². The van der Waals surface area contributed by atoms with Crippen molar-refractivity contribution in [1.82, 2.24) is 9.97 Å². The highest BCUT2D eigenvalue weighted by molar-refractivity contribution is 6.30. The van der Waals surface area contributed by atoms with Crippen LogP contribution < -0.4 is 10.6 Å². The molecule has 1 amide bonds. The van der Waals surface area contributed by atoms with E-state index in [-0.39, 0.29) is 17.7 Å². The summed E-state index contributed by atoms with van der Waals surface area (Å²) in [5.41, 5.74) is 2.92. The highest BCUT2D eigenvalue weighted by atomic mass is 35.5. The first-order chi connectivity index (χ1) is 13.3. The number of benzene rings is 1. The number of allylic oxidation sites excluding steroid dienone is 1. The van der Waals surface area contributed by atoms with E-state index in [9.17, 15) is 4.79 Å². The average Bonchev–Trinajstić information content (AvgIpc) is 2.65. The molecule has 0 aliphatic heterocycles. The molecule has 1 heterocycles. The Morgan fingerprint density at radius 1 is 1.18 bits per heavy atom. The van der Waals surface area contributed by atoms with Gasteiger partial charge in [-0.3, -0.25) is 10.1 Å². The summed E-state index contributed by atoms with van der Waals surface area (Å²) in [4.78, 5) is 21.0. The number of anilines is 2. The standard InChI is InChI=1S/C22H29ClN4O/c1-6-13-24-20-19(12-7-15(4)17-8-10-18(23)11-9-17)16(5)25-22(26-20)27-21(28)14(2)3/h7-12,14-15H,6,13H2,1-5H3,(H2,24,25,26,27,28). The van der Waals surface area contributed by atoms with Crippen molar-refractivity contribution in [3.05, 3.63) is 52.2 Å². The maximum Gasteiger partial charge on any atom is 0.231 e. The number of nitrogens with zero attached hydrogens (tertiary/aromatic N) is 2. The van der Waals surface area contributed by atoms with Crippen LogP contribution in [0.1, 0.15) is 56.9 Å². The number of hydrogen-bond donors (Lipinski definition) is 2. The number of aromatic nitrogens is 2. The summed E-state index contributed by atoms with van der Waals surface area (Å²) in [6.07, 6.45) is 5.14. The van der Waals surface area contributed by atoms with Crippen molar-refractivity contribution in [2.75, 3.05) is 17.2 Å². The largest absolute Gasteiger partial charge is 0.369 e. The number of nitrogens with one attached hydrogen (secondary N) is 2. The lowest BCUT2D eigenvalue weighted by atomic mass is 10.00. The summed E-state index contributed by atoms with van der Waals surface area (Å²) in [7, 11) is 0. The second-order valence-corrected chi connectivity index (χ2v) is 7.60. The molecule has 2 aromatic rings. The predicted molar refractivity (Wildman–Crippen MR) is 118 cm³/mol. The minimum atomic E-state index is -0.129. The summed E-state index contributed by atoms with van der Waals surface area (Å²) in [6.45, 7) is 10.6. The van der Waals surface area contributed by atoms with Crippen LogP contribution in [-0.2, 0) is 4.79 Å². The van der Waals surface area contributed by atoms with Crippen LogP contribution in [0, 0.1) is 12.8 Å². The highest BCUT2D eigenvalue weighted by Gasteiger charge is 2.14. The molecule has 2 N–H and O–H groups in total. The Balaban J connectivity index is 2.30. The first-order valence-electron chi connectivity index (χ1n) is 9.68. The van der Waals surface area contributed by atoms with E-state index in [1.54, 1.807) is 0 Å². The van der Waals surface area contributed by atoms with Gasteiger partial charge in [0.05, 0.1) is 5.69 Å². The third kappa shape index (κ3) is 6.06. The van der Waals surface area contributed by atoms with Crippen LogP contribution in [0.3, 0.4) is 0 Å². The van der Waals surface area contributed by atoms with Crippen molar-refractivity contribution in [3.8, 4) is 0 Å². The first kappa shape index (κ1) is 21.9. The summed E-state index contributed by atoms with van der Waals surface area (Å²) >= 11 is 5.98. The van der Waals surface area contributed by atoms with E-state index in [1.165, 1.54) is 5.56 Å². The molecule has 0 radical (unpaired) electrons. The maximum atomic E-state index is 12.0. The fourth-order valence-corrected chi connectivity index (χ4v) is 2.71. The van der Waals surface area contributed by atoms with Gasteiger partial charge >= 0.3 is 0 Å². The van der Waals surface area contributed by atoms with E-state index in [1.807, 2.05) is 51.1 Å². The van der Waals surface area contributed by atoms with Gasteiger partial charge in [0.25, 0.3) is 0 Å². The summed E-state index contributed by atoms with van der Waals surface area (Å²) < 4.78 is 0. The summed E-state index contributed by atoms with van der Waals surface area (Å²) in [5, 5.41) is 6.86. The Kier molecular flexibility index (Phi) is 8.00. The highest BCUT2D eigenvalue weighted by Crippen LogP contribution is 2.24. The normalized spacial score (nSPS) is 12.4. The molecule has 0 aliphatic rings. The van der Waals surface area contributed by atoms with Gasteiger partial charge in [0, 0.05) is 23.0 Å². The Morgan fingerprint density at radius 2 is 1.86 bits per heavy atom. The fraction of sp³-hybridized carbons (Fsp3) is 0.409. The minimum absolute atomic E-state index is 0.0968. The molecule has 0 fully saturated rings. The van der Waals surface area contributed by atoms with Crippen LogP contribution in [0.5, 0.6) is 0 Å². The molecule has 6 heteroatoms. The van der Waals surface area contributed by atoms with Gasteiger partial charge in [0.15, 0.2) is 0 Å². The van der Waals surface area contributed by atoms with Crippen LogP contribution >= 0.6 is 11.6 Å². The van der Waals surface area contributed by atoms with E-state index in [0.29, 0.717) is 5.95 Å². The van der Waals surface area contributed by atoms with Crippen molar-refractivity contribution < 1.29 is 4.79 Å². The van der Waals surface area contributed by atoms with E-state index in [0.717, 1.165) is 35.1 Å². The number of halogens is 1. The zero-order valence-electron chi connectivity index (χ0n) is 17.2. The first-order valence-corrected chi connectivity index (χ1v) is 10.1. The Hall–Kier alpha value is -2.40. The molecule has 0 aliphatic carbocycles. The van der Waals surface area contributed by atoms with Crippen molar-refractivity contribution in [2.45, 2.75) is 47.0 Å². The van der Waals surface area contributed by atoms with Crippen molar-refractivity contribution in [2.24, 2.45) is 5.92 Å². The van der Waals surface area contributed by atoms with E-state index in [2.05, 4.69) is 40.5 Å². The van der Waals surface area contributed by atoms with Crippen LogP contribution in [0.4, 0.5) is 11.8 Å². The minimum Gasteiger partial charge on any atom is -0.369 e. The van der Waals surface area contributed by atoms with Gasteiger partial charge in [-0.1, -0.05) is 63.6 Å². The molecule has 0 saturated heterocycles. The van der Waals surface area contributed by atoms with Crippen molar-refractivity contribution in [3.63, 3.8) is 0 Å². The third-order valence-corrected chi connectivity index (χ3v) is 4.64. The van der Waals surface area contributed by atoms with Crippen LogP contribution in [0.15, 0.2) is 30.3 Å². The van der Waals surface area contributed by atoms with Gasteiger partial charge in [-0.05, 0) is 37.0 Å². The topological polar surface area (TPSA) is 66.9 Å². The van der Waals surface area contributed by atoms with Crippen molar-refractivity contribution in [1.29, 1.82) is 0 Å². The van der Waals surface area contributed by atoms with Gasteiger partial charge in [-0.15, -0.1) is 0 Å². The SMILES string of the molecule is CCCNc1nc(NC(=O)C(C)C)nc(C)c1C=CC(C)c1ccc(Cl)cc1. The molecule has 28 heavy (non-hydrogen) atoms. The second-order valence-electron chi connectivity index (χ2n) is 7.16. The van der Waals surface area contributed by atoms with Crippen LogP contribution in [-0.4, -0.2) is 22.4 Å². The quantitative estimate of drug-likeness (QED) is 0.598. The third-order valence-electron chi connectivity index (χ3n) is 4.39. The number of hydrogen-bond acceptors (Lipinski definition) is 4. The Labute approximate surface area is 172 Å².